The monoisotopic (exact) mass is 984 g/mol. The number of imidazole rings is 2. The highest BCUT2D eigenvalue weighted by Crippen LogP contribution is 2.48. The lowest BCUT2D eigenvalue weighted by atomic mass is 10.0. The number of hydrogen-bond donors (Lipinski definition) is 5. The van der Waals surface area contributed by atoms with Crippen molar-refractivity contribution < 1.29 is 38.1 Å². The van der Waals surface area contributed by atoms with Gasteiger partial charge in [-0.15, -0.1) is 11.3 Å². The van der Waals surface area contributed by atoms with Gasteiger partial charge in [0.15, 0.2) is 0 Å². The maximum Gasteiger partial charge on any atom is 0.407 e. The lowest BCUT2D eigenvalue weighted by Gasteiger charge is -2.30. The van der Waals surface area contributed by atoms with Crippen molar-refractivity contribution in [3.8, 4) is 39.5 Å². The first-order valence-corrected chi connectivity index (χ1v) is 25.2. The summed E-state index contributed by atoms with van der Waals surface area (Å²) in [6.07, 6.45) is 10.1. The quantitative estimate of drug-likeness (QED) is 0.0694. The Bertz CT molecular complexity index is 2650. The van der Waals surface area contributed by atoms with Crippen LogP contribution in [0.1, 0.15) is 121 Å². The van der Waals surface area contributed by atoms with Crippen LogP contribution in [0.25, 0.3) is 44.7 Å². The maximum atomic E-state index is 16.6. The highest BCUT2D eigenvalue weighted by atomic mass is 32.1. The topological polar surface area (TPSA) is 200 Å². The number of carbonyl (C=O) groups excluding carboxylic acids is 3. The molecule has 1 saturated heterocycles. The molecule has 1 aliphatic carbocycles. The summed E-state index contributed by atoms with van der Waals surface area (Å²) >= 11 is 1.74. The predicted octanol–water partition coefficient (Wildman–Crippen LogP) is 10.3. The van der Waals surface area contributed by atoms with Gasteiger partial charge < -0.3 is 45.0 Å². The molecule has 1 saturated carbocycles. The summed E-state index contributed by atoms with van der Waals surface area (Å²) in [5.41, 5.74) is 4.89. The number of rotatable bonds is 13. The molecule has 3 aliphatic rings. The Morgan fingerprint density at radius 3 is 2.33 bits per heavy atom. The van der Waals surface area contributed by atoms with Crippen LogP contribution in [0.2, 0.25) is 0 Å². The number of fused-ring (bicyclic) bond motifs is 5. The summed E-state index contributed by atoms with van der Waals surface area (Å²) in [7, 11) is 3.01. The zero-order valence-electron chi connectivity index (χ0n) is 42.0. The minimum Gasteiger partial charge on any atom is -0.483 e. The molecule has 2 unspecified atom stereocenters. The van der Waals surface area contributed by atoms with Crippen LogP contribution >= 0.6 is 11.3 Å². The lowest BCUT2D eigenvalue weighted by molar-refractivity contribution is -0.131. The average molecular weight is 984 g/mol. The van der Waals surface area contributed by atoms with Crippen LogP contribution < -0.4 is 15.4 Å². The van der Waals surface area contributed by atoms with Crippen LogP contribution in [0.4, 0.5) is 9.18 Å². The Kier molecular flexibility index (Phi) is 20.6. The smallest absolute Gasteiger partial charge is 0.407 e. The van der Waals surface area contributed by atoms with Gasteiger partial charge in [0.25, 0.3) is 6.47 Å². The van der Waals surface area contributed by atoms with Crippen LogP contribution in [-0.4, -0.2) is 104 Å². The van der Waals surface area contributed by atoms with Gasteiger partial charge in [-0.2, -0.15) is 0 Å². The van der Waals surface area contributed by atoms with Crippen molar-refractivity contribution in [3.63, 3.8) is 0 Å². The summed E-state index contributed by atoms with van der Waals surface area (Å²) in [5.74, 6) is 1.75. The fourth-order valence-corrected chi connectivity index (χ4v) is 9.41. The summed E-state index contributed by atoms with van der Waals surface area (Å²) in [4.78, 5) is 67.2. The van der Waals surface area contributed by atoms with Crippen molar-refractivity contribution in [3.05, 3.63) is 88.1 Å². The molecule has 5 N–H and O–H groups in total. The van der Waals surface area contributed by atoms with E-state index in [1.165, 1.54) is 43.7 Å². The molecule has 378 valence electrons. The number of aromatic nitrogens is 5. The Hall–Kier alpha value is -6.53. The number of nitrogens with one attached hydrogen (secondary N) is 4. The number of halogens is 1. The van der Waals surface area contributed by atoms with Gasteiger partial charge in [0, 0.05) is 34.5 Å². The third-order valence-corrected chi connectivity index (χ3v) is 12.6. The number of amides is 3. The molecule has 6 aromatic rings. The fourth-order valence-electron chi connectivity index (χ4n) is 8.26. The molecule has 6 heterocycles. The molecule has 9 rings (SSSR count). The molecular weight excluding hydrogens is 914 g/mol. The number of nitrogens with zero attached hydrogens (tertiary/aromatic N) is 5. The number of thiophene rings is 1. The number of carbonyl (C=O) groups is 4. The molecule has 2 aliphatic heterocycles. The minimum absolute atomic E-state index is 0.0596. The van der Waals surface area contributed by atoms with Crippen LogP contribution in [0.15, 0.2) is 60.9 Å². The van der Waals surface area contributed by atoms with E-state index < -0.39 is 18.1 Å². The van der Waals surface area contributed by atoms with E-state index in [1.54, 1.807) is 29.5 Å². The molecule has 2 aromatic carbocycles. The highest BCUT2D eigenvalue weighted by Gasteiger charge is 2.35. The van der Waals surface area contributed by atoms with Crippen molar-refractivity contribution in [1.29, 1.82) is 0 Å². The van der Waals surface area contributed by atoms with Crippen molar-refractivity contribution in [2.75, 3.05) is 40.3 Å². The predicted molar refractivity (Wildman–Crippen MR) is 273 cm³/mol. The van der Waals surface area contributed by atoms with Gasteiger partial charge in [-0.3, -0.25) is 19.0 Å². The molecule has 0 spiro atoms. The van der Waals surface area contributed by atoms with Crippen LogP contribution in [0, 0.1) is 11.7 Å². The average Bonchev–Trinajstić information content (AvgIpc) is 3.96. The van der Waals surface area contributed by atoms with Gasteiger partial charge in [0.1, 0.15) is 29.8 Å². The van der Waals surface area contributed by atoms with Gasteiger partial charge in [0.05, 0.1) is 71.7 Å². The first-order chi connectivity index (χ1) is 33.9. The third kappa shape index (κ3) is 13.2. The van der Waals surface area contributed by atoms with Gasteiger partial charge in [-0.05, 0) is 94.5 Å². The second-order valence-electron chi connectivity index (χ2n) is 16.9. The molecule has 3 amide bonds. The summed E-state index contributed by atoms with van der Waals surface area (Å²) in [6.45, 7) is 15.4. The van der Waals surface area contributed by atoms with Gasteiger partial charge in [-0.25, -0.2) is 19.2 Å². The number of H-pyrrole nitrogens is 2. The second-order valence-corrected chi connectivity index (χ2v) is 18.1. The van der Waals surface area contributed by atoms with E-state index in [9.17, 15) is 14.4 Å². The number of methoxy groups -OCH3 is 1. The molecule has 4 aromatic heterocycles. The first kappa shape index (κ1) is 54.4. The number of carboxylic acid groups (broad SMARTS) is 1. The van der Waals surface area contributed by atoms with E-state index in [4.69, 9.17) is 19.6 Å². The first-order valence-electron chi connectivity index (χ1n) is 24.4. The zero-order chi connectivity index (χ0) is 50.9. The maximum absolute atomic E-state index is 16.6. The van der Waals surface area contributed by atoms with Crippen molar-refractivity contribution >= 4 is 46.6 Å². The number of likely N-dealkylation sites (N-methyl/N-ethyl adjacent to an activating group) is 2. The third-order valence-electron chi connectivity index (χ3n) is 11.4. The number of aromatic amines is 2. The van der Waals surface area contributed by atoms with E-state index in [2.05, 4.69) is 86.8 Å². The number of benzene rings is 2. The standard InChI is InChI=1S/C43H46FN9O5S.2C3H8.C2H6.CH2O2/c1-4-51(38(54)22-48-43(56)57-3)23-37-46-19-31(49-37)26-16-29(44)40-34-17-27-15-25(30-20-47-41(50-30)33-6-5-13-52(33)39(55)21-45-2)9-11-32(27)53(34)42(58-35(40)18-26)36-12-10-28(59-36)14-24-7-8-24;2*1-3-2;1-2;2-1-3/h9-12,15-20,24,33,42,45H,4-8,13-14,21-23H2,1-3H3,(H,46,49)(H,47,50)(H,48,56);2*3H2,1-2H3;1-2H3;1H,(H,2,3). The molecule has 16 nitrogen and oxygen atoms in total. The van der Waals surface area contributed by atoms with E-state index in [0.29, 0.717) is 47.2 Å². The van der Waals surface area contributed by atoms with Crippen LogP contribution in [0.5, 0.6) is 5.75 Å². The molecule has 0 bridgehead atoms. The van der Waals surface area contributed by atoms with Gasteiger partial charge in [-0.1, -0.05) is 60.5 Å². The SMILES string of the molecule is CC.CCC.CCC.CCN(Cc1ncc(-c2cc(F)c3c(c2)OC(c2ccc(CC4CC4)s2)n2c-3cc3cc(-c4cnc(C5CCCN5C(=O)CNC)[nH]4)ccc32)[nH]1)C(=O)CNC(=O)OC.O=CO. The number of hydrogen-bond acceptors (Lipinski definition) is 10. The summed E-state index contributed by atoms with van der Waals surface area (Å²) < 4.78 is 30.1. The number of alkyl carbamates (subject to hydrolysis) is 1. The highest BCUT2D eigenvalue weighted by molar-refractivity contribution is 7.12. The van der Waals surface area contributed by atoms with E-state index in [0.717, 1.165) is 58.0 Å². The molecule has 2 fully saturated rings. The molecule has 0 radical (unpaired) electrons. The van der Waals surface area contributed by atoms with Crippen molar-refractivity contribution in [2.45, 2.75) is 112 Å². The Balaban J connectivity index is 0.000000764. The Morgan fingerprint density at radius 2 is 1.66 bits per heavy atom. The van der Waals surface area contributed by atoms with Crippen LogP contribution in [0.3, 0.4) is 0 Å². The Labute approximate surface area is 414 Å². The van der Waals surface area contributed by atoms with E-state index >= 15 is 4.39 Å². The normalized spacial score (nSPS) is 15.2. The van der Waals surface area contributed by atoms with Crippen molar-refractivity contribution in [2.24, 2.45) is 5.92 Å². The molecule has 18 heteroatoms. The number of ether oxygens (including phenoxy) is 2. The van der Waals surface area contributed by atoms with E-state index in [-0.39, 0.29) is 44.0 Å². The fraction of sp³-hybridized carbons (Fsp3) is 0.462. The largest absolute Gasteiger partial charge is 0.483 e. The second kappa shape index (κ2) is 26.4. The van der Waals surface area contributed by atoms with Crippen LogP contribution in [-0.2, 0) is 32.1 Å². The lowest BCUT2D eigenvalue weighted by Crippen LogP contribution is -2.39. The van der Waals surface area contributed by atoms with E-state index in [1.807, 2.05) is 50.1 Å². The summed E-state index contributed by atoms with van der Waals surface area (Å²) in [6, 6.07) is 15.8. The summed E-state index contributed by atoms with van der Waals surface area (Å²) in [5, 5.41) is 13.2. The molecular formula is C52H70FN9O7S. The van der Waals surface area contributed by atoms with Gasteiger partial charge in [0.2, 0.25) is 18.0 Å². The van der Waals surface area contributed by atoms with Crippen molar-refractivity contribution in [1.82, 2.24) is 44.9 Å². The Morgan fingerprint density at radius 1 is 0.957 bits per heavy atom. The van der Waals surface area contributed by atoms with Gasteiger partial charge >= 0.3 is 6.09 Å². The zero-order valence-corrected chi connectivity index (χ0v) is 42.8. The molecule has 70 heavy (non-hydrogen) atoms. The molecule has 2 atom stereocenters. The number of likely N-dealkylation sites (tertiary alicyclic amines) is 1. The minimum atomic E-state index is -0.688.